The highest BCUT2D eigenvalue weighted by Crippen LogP contribution is 2.34. The van der Waals surface area contributed by atoms with Crippen LogP contribution in [0.4, 0.5) is 4.39 Å². The number of aliphatic hydroxyl groups is 1. The largest absolute Gasteiger partial charge is 0.489 e. The van der Waals surface area contributed by atoms with Crippen molar-refractivity contribution in [3.8, 4) is 16.9 Å². The molecule has 0 radical (unpaired) electrons. The molecule has 0 amide bonds. The quantitative estimate of drug-likeness (QED) is 0.722. The van der Waals surface area contributed by atoms with E-state index in [1.165, 1.54) is 12.1 Å². The molecule has 4 rings (SSSR count). The van der Waals surface area contributed by atoms with Crippen LogP contribution < -0.4 is 10.1 Å². The molecule has 0 aliphatic carbocycles. The van der Waals surface area contributed by atoms with Gasteiger partial charge in [-0.15, -0.1) is 0 Å². The number of hydrogen-bond donors (Lipinski definition) is 2. The van der Waals surface area contributed by atoms with Crippen LogP contribution in [0.1, 0.15) is 23.7 Å². The first kappa shape index (κ1) is 17.6. The Bertz CT molecular complexity index is 914. The molecule has 2 heterocycles. The van der Waals surface area contributed by atoms with E-state index < -0.39 is 6.10 Å². The summed E-state index contributed by atoms with van der Waals surface area (Å²) in [5.74, 6) is 0.504. The maximum Gasteiger partial charge on any atom is 0.125 e. The Balaban J connectivity index is 1.36. The predicted octanol–water partition coefficient (Wildman–Crippen LogP) is 3.86. The monoisotopic (exact) mass is 364 g/mol. The zero-order valence-electron chi connectivity index (χ0n) is 14.8. The van der Waals surface area contributed by atoms with E-state index in [0.717, 1.165) is 28.0 Å². The lowest BCUT2D eigenvalue weighted by Crippen LogP contribution is -2.35. The highest BCUT2D eigenvalue weighted by atomic mass is 19.1. The molecule has 2 atom stereocenters. The lowest BCUT2D eigenvalue weighted by molar-refractivity contribution is 0.0657. The Morgan fingerprint density at radius 2 is 1.89 bits per heavy atom. The smallest absolute Gasteiger partial charge is 0.125 e. The summed E-state index contributed by atoms with van der Waals surface area (Å²) in [5.41, 5.74) is 3.77. The number of rotatable bonds is 5. The number of ether oxygens (including phenoxy) is 1. The lowest BCUT2D eigenvalue weighted by Gasteiger charge is -2.29. The summed E-state index contributed by atoms with van der Waals surface area (Å²) in [6, 6.07) is 16.0. The van der Waals surface area contributed by atoms with E-state index >= 15 is 0 Å². The van der Waals surface area contributed by atoms with Gasteiger partial charge in [0.2, 0.25) is 0 Å². The molecular weight excluding hydrogens is 343 g/mol. The standard InChI is InChI=1S/C22H21FN2O2/c23-18-7-5-16(6-8-18)17-9-15(11-24-13-17)12-25-14-19-10-21(26)20-3-1-2-4-22(20)27-19/h1-9,11,13,19,21,25-26H,10,12,14H2/t19-,21-/m0/s1. The van der Waals surface area contributed by atoms with Crippen molar-refractivity contribution >= 4 is 0 Å². The molecule has 0 saturated heterocycles. The number of nitrogens with one attached hydrogen (secondary N) is 1. The normalized spacial score (nSPS) is 18.6. The molecule has 138 valence electrons. The van der Waals surface area contributed by atoms with Gasteiger partial charge in [-0.3, -0.25) is 4.98 Å². The maximum absolute atomic E-state index is 13.1. The molecule has 5 heteroatoms. The van der Waals surface area contributed by atoms with Gasteiger partial charge in [-0.1, -0.05) is 30.3 Å². The van der Waals surface area contributed by atoms with E-state index in [1.807, 2.05) is 36.5 Å². The average molecular weight is 364 g/mol. The molecule has 0 saturated carbocycles. The Labute approximate surface area is 157 Å². The highest BCUT2D eigenvalue weighted by Gasteiger charge is 2.26. The highest BCUT2D eigenvalue weighted by molar-refractivity contribution is 5.62. The minimum absolute atomic E-state index is 0.0804. The zero-order chi connectivity index (χ0) is 18.6. The van der Waals surface area contributed by atoms with Crippen LogP contribution in [-0.4, -0.2) is 22.7 Å². The summed E-state index contributed by atoms with van der Waals surface area (Å²) in [5, 5.41) is 13.7. The number of aliphatic hydroxyl groups excluding tert-OH is 1. The fraction of sp³-hybridized carbons (Fsp3) is 0.227. The summed E-state index contributed by atoms with van der Waals surface area (Å²) in [4.78, 5) is 4.29. The topological polar surface area (TPSA) is 54.4 Å². The Hall–Kier alpha value is -2.76. The second-order valence-corrected chi connectivity index (χ2v) is 6.75. The van der Waals surface area contributed by atoms with Crippen LogP contribution in [0.25, 0.3) is 11.1 Å². The first-order chi connectivity index (χ1) is 13.2. The zero-order valence-corrected chi connectivity index (χ0v) is 14.8. The van der Waals surface area contributed by atoms with Crippen LogP contribution >= 0.6 is 0 Å². The number of para-hydroxylation sites is 1. The number of pyridine rings is 1. The van der Waals surface area contributed by atoms with Gasteiger partial charge in [-0.25, -0.2) is 4.39 Å². The number of aromatic nitrogens is 1. The lowest BCUT2D eigenvalue weighted by atomic mass is 9.99. The van der Waals surface area contributed by atoms with Crippen molar-refractivity contribution in [1.29, 1.82) is 0 Å². The second-order valence-electron chi connectivity index (χ2n) is 6.75. The molecule has 27 heavy (non-hydrogen) atoms. The van der Waals surface area contributed by atoms with Gasteiger partial charge in [0.15, 0.2) is 0 Å². The molecule has 4 nitrogen and oxygen atoms in total. The van der Waals surface area contributed by atoms with Gasteiger partial charge >= 0.3 is 0 Å². The van der Waals surface area contributed by atoms with E-state index in [1.54, 1.807) is 18.3 Å². The third-order valence-electron chi connectivity index (χ3n) is 4.73. The third-order valence-corrected chi connectivity index (χ3v) is 4.73. The van der Waals surface area contributed by atoms with Crippen molar-refractivity contribution in [2.75, 3.05) is 6.54 Å². The van der Waals surface area contributed by atoms with Gasteiger partial charge < -0.3 is 15.2 Å². The SMILES string of the molecule is O[C@H]1C[C@@H](CNCc2cncc(-c3ccc(F)cc3)c2)Oc2ccccc21. The predicted molar refractivity (Wildman–Crippen MR) is 102 cm³/mol. The van der Waals surface area contributed by atoms with Crippen LogP contribution in [0.5, 0.6) is 5.75 Å². The number of hydrogen-bond acceptors (Lipinski definition) is 4. The van der Waals surface area contributed by atoms with Gasteiger partial charge in [0, 0.05) is 43.0 Å². The number of benzene rings is 2. The summed E-state index contributed by atoms with van der Waals surface area (Å²) in [7, 11) is 0. The van der Waals surface area contributed by atoms with Crippen LogP contribution in [0.2, 0.25) is 0 Å². The van der Waals surface area contributed by atoms with E-state index in [2.05, 4.69) is 10.3 Å². The van der Waals surface area contributed by atoms with Crippen LogP contribution in [0, 0.1) is 5.82 Å². The Kier molecular flexibility index (Phi) is 5.14. The number of halogens is 1. The summed E-state index contributed by atoms with van der Waals surface area (Å²) < 4.78 is 19.1. The summed E-state index contributed by atoms with van der Waals surface area (Å²) in [6.07, 6.45) is 3.58. The van der Waals surface area contributed by atoms with Crippen molar-refractivity contribution in [2.45, 2.75) is 25.2 Å². The van der Waals surface area contributed by atoms with Gasteiger partial charge in [0.25, 0.3) is 0 Å². The minimum atomic E-state index is -0.495. The van der Waals surface area contributed by atoms with Crippen LogP contribution in [0.15, 0.2) is 67.0 Å². The van der Waals surface area contributed by atoms with E-state index in [4.69, 9.17) is 4.74 Å². The van der Waals surface area contributed by atoms with Crippen molar-refractivity contribution in [3.05, 3.63) is 83.9 Å². The summed E-state index contributed by atoms with van der Waals surface area (Å²) >= 11 is 0. The minimum Gasteiger partial charge on any atom is -0.489 e. The number of fused-ring (bicyclic) bond motifs is 1. The molecule has 1 aromatic heterocycles. The Morgan fingerprint density at radius 3 is 2.74 bits per heavy atom. The van der Waals surface area contributed by atoms with Gasteiger partial charge in [0.05, 0.1) is 6.10 Å². The molecule has 1 aliphatic heterocycles. The molecule has 2 aromatic carbocycles. The Morgan fingerprint density at radius 1 is 1.07 bits per heavy atom. The molecule has 2 N–H and O–H groups in total. The molecular formula is C22H21FN2O2. The van der Waals surface area contributed by atoms with E-state index in [-0.39, 0.29) is 11.9 Å². The van der Waals surface area contributed by atoms with E-state index in [0.29, 0.717) is 19.5 Å². The van der Waals surface area contributed by atoms with Gasteiger partial charge in [0.1, 0.15) is 17.7 Å². The second kappa shape index (κ2) is 7.86. The average Bonchev–Trinajstić information content (AvgIpc) is 2.69. The van der Waals surface area contributed by atoms with Crippen molar-refractivity contribution in [2.24, 2.45) is 0 Å². The van der Waals surface area contributed by atoms with Crippen molar-refractivity contribution in [3.63, 3.8) is 0 Å². The van der Waals surface area contributed by atoms with Crippen LogP contribution in [0.3, 0.4) is 0 Å². The molecule has 3 aromatic rings. The molecule has 0 bridgehead atoms. The van der Waals surface area contributed by atoms with Crippen molar-refractivity contribution in [1.82, 2.24) is 10.3 Å². The fourth-order valence-corrected chi connectivity index (χ4v) is 3.35. The van der Waals surface area contributed by atoms with Crippen LogP contribution in [-0.2, 0) is 6.54 Å². The third kappa shape index (κ3) is 4.15. The molecule has 0 fully saturated rings. The van der Waals surface area contributed by atoms with Gasteiger partial charge in [-0.05, 0) is 35.4 Å². The maximum atomic E-state index is 13.1. The van der Waals surface area contributed by atoms with Crippen molar-refractivity contribution < 1.29 is 14.2 Å². The molecule has 0 spiro atoms. The number of nitrogens with zero attached hydrogens (tertiary/aromatic N) is 1. The fourth-order valence-electron chi connectivity index (χ4n) is 3.35. The first-order valence-corrected chi connectivity index (χ1v) is 9.03. The molecule has 0 unspecified atom stereocenters. The summed E-state index contributed by atoms with van der Waals surface area (Å²) in [6.45, 7) is 1.27. The van der Waals surface area contributed by atoms with Gasteiger partial charge in [-0.2, -0.15) is 0 Å². The first-order valence-electron chi connectivity index (χ1n) is 9.03. The van der Waals surface area contributed by atoms with E-state index in [9.17, 15) is 9.50 Å². The molecule has 1 aliphatic rings.